The summed E-state index contributed by atoms with van der Waals surface area (Å²) in [6, 6.07) is 3.90. The van der Waals surface area contributed by atoms with Crippen molar-refractivity contribution in [3.63, 3.8) is 0 Å². The highest BCUT2D eigenvalue weighted by molar-refractivity contribution is 5.77. The largest absolute Gasteiger partial charge is 0.468 e. The first-order chi connectivity index (χ1) is 13.9. The molecule has 166 valence electrons. The Balaban J connectivity index is 2.86. The van der Waals surface area contributed by atoms with Crippen molar-refractivity contribution in [1.29, 1.82) is 0 Å². The van der Waals surface area contributed by atoms with E-state index in [2.05, 4.69) is 5.32 Å². The summed E-state index contributed by atoms with van der Waals surface area (Å²) in [6.07, 6.45) is 0.203. The highest BCUT2D eigenvalue weighted by Crippen LogP contribution is 2.29. The van der Waals surface area contributed by atoms with Crippen LogP contribution in [0.3, 0.4) is 0 Å². The fraction of sp³-hybridized carbons (Fsp3) is 0.524. The Morgan fingerprint density at radius 3 is 2.13 bits per heavy atom. The molecule has 0 aliphatic carbocycles. The molecule has 0 radical (unpaired) electrons. The zero-order valence-corrected chi connectivity index (χ0v) is 18.2. The van der Waals surface area contributed by atoms with Crippen LogP contribution in [0.25, 0.3) is 0 Å². The number of esters is 4. The average molecular weight is 423 g/mol. The maximum Gasteiger partial charge on any atom is 0.323 e. The molecular weight excluding hydrogens is 394 g/mol. The molecule has 30 heavy (non-hydrogen) atoms. The summed E-state index contributed by atoms with van der Waals surface area (Å²) in [5.41, 5.74) is 0.0233. The van der Waals surface area contributed by atoms with Gasteiger partial charge >= 0.3 is 23.9 Å². The monoisotopic (exact) mass is 423 g/mol. The maximum atomic E-state index is 12.1. The molecule has 0 fully saturated rings. The minimum atomic E-state index is -0.729. The second-order valence-corrected chi connectivity index (χ2v) is 7.59. The molecule has 0 bridgehead atoms. The number of carbonyl (C=O) groups is 4. The van der Waals surface area contributed by atoms with Crippen molar-refractivity contribution in [1.82, 2.24) is 5.32 Å². The quantitative estimate of drug-likeness (QED) is 0.360. The van der Waals surface area contributed by atoms with Gasteiger partial charge in [-0.3, -0.25) is 19.2 Å². The van der Waals surface area contributed by atoms with Gasteiger partial charge in [0.1, 0.15) is 12.6 Å². The predicted molar refractivity (Wildman–Crippen MR) is 107 cm³/mol. The molecule has 1 atom stereocenters. The van der Waals surface area contributed by atoms with Gasteiger partial charge < -0.3 is 24.3 Å². The molecule has 1 aromatic carbocycles. The third-order valence-corrected chi connectivity index (χ3v) is 3.78. The van der Waals surface area contributed by atoms with Crippen LogP contribution in [-0.2, 0) is 35.1 Å². The van der Waals surface area contributed by atoms with Gasteiger partial charge in [-0.15, -0.1) is 0 Å². The van der Waals surface area contributed by atoms with Crippen molar-refractivity contribution in [3.05, 3.63) is 23.8 Å². The summed E-state index contributed by atoms with van der Waals surface area (Å²) in [6.45, 7) is 8.04. The number of methoxy groups -OCH3 is 1. The smallest absolute Gasteiger partial charge is 0.323 e. The van der Waals surface area contributed by atoms with Crippen molar-refractivity contribution in [2.24, 2.45) is 5.41 Å². The first kappa shape index (κ1) is 25.1. The molecule has 0 aliphatic heterocycles. The van der Waals surface area contributed by atoms with Crippen LogP contribution in [0.1, 0.15) is 40.2 Å². The van der Waals surface area contributed by atoms with Crippen molar-refractivity contribution in [2.45, 2.75) is 47.1 Å². The molecule has 0 saturated heterocycles. The number of benzene rings is 1. The number of hydrogen-bond acceptors (Lipinski definition) is 9. The molecule has 0 aromatic heterocycles. The van der Waals surface area contributed by atoms with Crippen molar-refractivity contribution in [3.8, 4) is 11.5 Å². The number of nitrogens with one attached hydrogen (secondary N) is 1. The predicted octanol–water partition coefficient (Wildman–Crippen LogP) is 1.80. The summed E-state index contributed by atoms with van der Waals surface area (Å²) in [5.74, 6) is -1.82. The molecule has 9 heteroatoms. The van der Waals surface area contributed by atoms with E-state index in [1.165, 1.54) is 33.1 Å². The van der Waals surface area contributed by atoms with Gasteiger partial charge in [-0.2, -0.15) is 0 Å². The van der Waals surface area contributed by atoms with Crippen LogP contribution in [0.15, 0.2) is 18.2 Å². The lowest BCUT2D eigenvalue weighted by atomic mass is 9.97. The van der Waals surface area contributed by atoms with E-state index in [9.17, 15) is 19.2 Å². The minimum Gasteiger partial charge on any atom is -0.468 e. The average Bonchev–Trinajstić information content (AvgIpc) is 2.63. The topological polar surface area (TPSA) is 117 Å². The SMILES string of the molecule is COC(=O)[C@H](Cc1ccc(OC(C)=O)c(OC(C)=O)c1)NCCOC(=O)C(C)(C)C. The lowest BCUT2D eigenvalue weighted by molar-refractivity contribution is -0.152. The van der Waals surface area contributed by atoms with Crippen LogP contribution in [-0.4, -0.2) is 50.2 Å². The lowest BCUT2D eigenvalue weighted by Crippen LogP contribution is -2.41. The van der Waals surface area contributed by atoms with Crippen LogP contribution in [0.2, 0.25) is 0 Å². The molecular formula is C21H29NO8. The molecule has 0 saturated carbocycles. The van der Waals surface area contributed by atoms with E-state index >= 15 is 0 Å². The molecule has 1 rings (SSSR count). The molecule has 0 unspecified atom stereocenters. The highest BCUT2D eigenvalue weighted by atomic mass is 16.6. The van der Waals surface area contributed by atoms with Gasteiger partial charge in [-0.1, -0.05) is 6.07 Å². The Kier molecular flexibility index (Phi) is 9.45. The molecule has 0 heterocycles. The second kappa shape index (κ2) is 11.3. The highest BCUT2D eigenvalue weighted by Gasteiger charge is 2.24. The van der Waals surface area contributed by atoms with Gasteiger partial charge in [-0.25, -0.2) is 0 Å². The van der Waals surface area contributed by atoms with Gasteiger partial charge in [0.2, 0.25) is 0 Å². The van der Waals surface area contributed by atoms with Crippen molar-refractivity contribution >= 4 is 23.9 Å². The van der Waals surface area contributed by atoms with Crippen molar-refractivity contribution in [2.75, 3.05) is 20.3 Å². The fourth-order valence-electron chi connectivity index (χ4n) is 2.36. The van der Waals surface area contributed by atoms with Gasteiger partial charge in [0.15, 0.2) is 11.5 Å². The zero-order chi connectivity index (χ0) is 22.9. The Morgan fingerprint density at radius 1 is 1.00 bits per heavy atom. The van der Waals surface area contributed by atoms with Crippen LogP contribution < -0.4 is 14.8 Å². The normalized spacial score (nSPS) is 11.9. The van der Waals surface area contributed by atoms with E-state index in [0.717, 1.165) is 0 Å². The summed E-state index contributed by atoms with van der Waals surface area (Å²) >= 11 is 0. The van der Waals surface area contributed by atoms with E-state index in [-0.39, 0.29) is 37.0 Å². The molecule has 9 nitrogen and oxygen atoms in total. The Bertz CT molecular complexity index is 782. The Labute approximate surface area is 176 Å². The third kappa shape index (κ3) is 8.60. The summed E-state index contributed by atoms with van der Waals surface area (Å²) < 4.78 is 20.1. The molecule has 0 aliphatic rings. The van der Waals surface area contributed by atoms with Crippen LogP contribution in [0.4, 0.5) is 0 Å². The summed E-state index contributed by atoms with van der Waals surface area (Å²) in [4.78, 5) is 46.5. The van der Waals surface area contributed by atoms with Crippen LogP contribution in [0.5, 0.6) is 11.5 Å². The molecule has 0 spiro atoms. The minimum absolute atomic E-state index is 0.0675. The van der Waals surface area contributed by atoms with E-state index in [4.69, 9.17) is 18.9 Å². The van der Waals surface area contributed by atoms with Gasteiger partial charge in [-0.05, 0) is 44.9 Å². The van der Waals surface area contributed by atoms with E-state index in [1.54, 1.807) is 26.8 Å². The first-order valence-corrected chi connectivity index (χ1v) is 9.42. The number of carbonyl (C=O) groups excluding carboxylic acids is 4. The lowest BCUT2D eigenvalue weighted by Gasteiger charge is -2.19. The van der Waals surface area contributed by atoms with E-state index in [0.29, 0.717) is 5.56 Å². The van der Waals surface area contributed by atoms with Crippen molar-refractivity contribution < 1.29 is 38.1 Å². The second-order valence-electron chi connectivity index (χ2n) is 7.59. The number of rotatable bonds is 9. The van der Waals surface area contributed by atoms with Gasteiger partial charge in [0.25, 0.3) is 0 Å². The fourth-order valence-corrected chi connectivity index (χ4v) is 2.36. The molecule has 0 amide bonds. The maximum absolute atomic E-state index is 12.1. The number of ether oxygens (including phenoxy) is 4. The van der Waals surface area contributed by atoms with Crippen LogP contribution in [0, 0.1) is 5.41 Å². The third-order valence-electron chi connectivity index (χ3n) is 3.78. The van der Waals surface area contributed by atoms with E-state index in [1.807, 2.05) is 0 Å². The summed E-state index contributed by atoms with van der Waals surface area (Å²) in [7, 11) is 1.27. The summed E-state index contributed by atoms with van der Waals surface area (Å²) in [5, 5.41) is 2.99. The molecule has 1 aromatic rings. The Hall–Kier alpha value is -2.94. The van der Waals surface area contributed by atoms with E-state index < -0.39 is 29.4 Å². The standard InChI is InChI=1S/C21H29NO8/c1-13(23)29-17-8-7-15(12-18(17)30-14(2)24)11-16(19(25)27-6)22-9-10-28-20(26)21(3,4)5/h7-8,12,16,22H,9-11H2,1-6H3/t16-/m0/s1. The zero-order valence-electron chi connectivity index (χ0n) is 18.2. The first-order valence-electron chi connectivity index (χ1n) is 9.42. The number of hydrogen-bond donors (Lipinski definition) is 1. The van der Waals surface area contributed by atoms with Gasteiger partial charge in [0.05, 0.1) is 12.5 Å². The van der Waals surface area contributed by atoms with Crippen LogP contribution >= 0.6 is 0 Å². The molecule has 1 N–H and O–H groups in total. The Morgan fingerprint density at radius 2 is 1.60 bits per heavy atom. The van der Waals surface area contributed by atoms with Gasteiger partial charge in [0, 0.05) is 20.4 Å².